The first kappa shape index (κ1) is 10.4. The maximum Gasteiger partial charge on any atom is 0.357 e. The van der Waals surface area contributed by atoms with Crippen molar-refractivity contribution < 1.29 is 9.53 Å². The molecule has 0 bridgehead atoms. The summed E-state index contributed by atoms with van der Waals surface area (Å²) in [5.74, 6) is -0.578. The third-order valence-electron chi connectivity index (χ3n) is 2.06. The van der Waals surface area contributed by atoms with Gasteiger partial charge in [-0.2, -0.15) is 0 Å². The molecular weight excluding hydrogens is 208 g/mol. The van der Waals surface area contributed by atoms with Gasteiger partial charge in [-0.15, -0.1) is 0 Å². The Kier molecular flexibility index (Phi) is 2.68. The fraction of sp³-hybridized carbons (Fsp3) is 0.182. The molecule has 0 saturated heterocycles. The number of ether oxygens (including phenoxy) is 1. The van der Waals surface area contributed by atoms with Crippen molar-refractivity contribution in [1.82, 2.24) is 9.38 Å². The van der Waals surface area contributed by atoms with Crippen molar-refractivity contribution in [3.8, 4) is 0 Å². The van der Waals surface area contributed by atoms with Crippen molar-refractivity contribution in [1.29, 1.82) is 0 Å². The molecule has 16 heavy (non-hydrogen) atoms. The molecule has 0 aliphatic heterocycles. The van der Waals surface area contributed by atoms with Crippen LogP contribution in [0.5, 0.6) is 0 Å². The molecule has 2 aromatic heterocycles. The van der Waals surface area contributed by atoms with E-state index >= 15 is 0 Å². The number of hydrogen-bond acceptors (Lipinski definition) is 4. The lowest BCUT2D eigenvalue weighted by Crippen LogP contribution is -2.18. The molecule has 5 heteroatoms. The highest BCUT2D eigenvalue weighted by atomic mass is 16.5. The van der Waals surface area contributed by atoms with E-state index in [1.54, 1.807) is 31.3 Å². The van der Waals surface area contributed by atoms with Gasteiger partial charge in [-0.3, -0.25) is 9.20 Å². The van der Waals surface area contributed by atoms with Crippen LogP contribution >= 0.6 is 0 Å². The molecule has 0 aliphatic carbocycles. The Morgan fingerprint density at radius 1 is 1.50 bits per heavy atom. The summed E-state index contributed by atoms with van der Waals surface area (Å²) >= 11 is 0. The Morgan fingerprint density at radius 2 is 2.31 bits per heavy atom. The summed E-state index contributed by atoms with van der Waals surface area (Å²) in [6.45, 7) is 1.96. The molecule has 2 heterocycles. The summed E-state index contributed by atoms with van der Waals surface area (Å²) in [5.41, 5.74) is 0.171. The maximum atomic E-state index is 11.6. The van der Waals surface area contributed by atoms with Crippen LogP contribution in [-0.4, -0.2) is 22.0 Å². The molecule has 0 spiro atoms. The fourth-order valence-corrected chi connectivity index (χ4v) is 1.36. The SMILES string of the molecule is CCOC(=O)c1cc(=O)n2ccccc2n1. The molecular formula is C11H10N2O3. The molecule has 5 nitrogen and oxygen atoms in total. The number of carbonyl (C=O) groups excluding carboxylic acids is 1. The average molecular weight is 218 g/mol. The first-order valence-electron chi connectivity index (χ1n) is 4.88. The largest absolute Gasteiger partial charge is 0.461 e. The highest BCUT2D eigenvalue weighted by Gasteiger charge is 2.10. The monoisotopic (exact) mass is 218 g/mol. The summed E-state index contributed by atoms with van der Waals surface area (Å²) in [5, 5.41) is 0. The van der Waals surface area contributed by atoms with Gasteiger partial charge in [0, 0.05) is 12.3 Å². The van der Waals surface area contributed by atoms with Gasteiger partial charge in [-0.25, -0.2) is 9.78 Å². The summed E-state index contributed by atoms with van der Waals surface area (Å²) < 4.78 is 6.15. The lowest BCUT2D eigenvalue weighted by molar-refractivity contribution is 0.0519. The van der Waals surface area contributed by atoms with Gasteiger partial charge in [-0.1, -0.05) is 6.07 Å². The summed E-state index contributed by atoms with van der Waals surface area (Å²) in [6, 6.07) is 6.30. The first-order chi connectivity index (χ1) is 7.72. The number of esters is 1. The molecule has 2 aromatic rings. The minimum absolute atomic E-state index is 0.0399. The van der Waals surface area contributed by atoms with E-state index in [-0.39, 0.29) is 17.9 Å². The highest BCUT2D eigenvalue weighted by molar-refractivity contribution is 5.87. The van der Waals surface area contributed by atoms with Crippen molar-refractivity contribution in [3.63, 3.8) is 0 Å². The van der Waals surface area contributed by atoms with E-state index in [9.17, 15) is 9.59 Å². The van der Waals surface area contributed by atoms with Crippen LogP contribution in [0.15, 0.2) is 35.3 Å². The molecule has 0 atom stereocenters. The second-order valence-electron chi connectivity index (χ2n) is 3.13. The molecule has 0 aliphatic rings. The maximum absolute atomic E-state index is 11.6. The van der Waals surface area contributed by atoms with Crippen LogP contribution in [0.1, 0.15) is 17.4 Å². The van der Waals surface area contributed by atoms with E-state index in [0.29, 0.717) is 5.65 Å². The van der Waals surface area contributed by atoms with Crippen LogP contribution in [-0.2, 0) is 4.74 Å². The summed E-state index contributed by atoms with van der Waals surface area (Å²) in [4.78, 5) is 27.1. The number of rotatable bonds is 2. The first-order valence-corrected chi connectivity index (χ1v) is 4.88. The van der Waals surface area contributed by atoms with E-state index < -0.39 is 5.97 Å². The second-order valence-corrected chi connectivity index (χ2v) is 3.13. The zero-order valence-electron chi connectivity index (χ0n) is 8.71. The van der Waals surface area contributed by atoms with Crippen LogP contribution in [0.25, 0.3) is 5.65 Å². The molecule has 0 unspecified atom stereocenters. The Morgan fingerprint density at radius 3 is 3.06 bits per heavy atom. The van der Waals surface area contributed by atoms with Crippen molar-refractivity contribution in [2.75, 3.05) is 6.61 Å². The van der Waals surface area contributed by atoms with Crippen LogP contribution in [0.3, 0.4) is 0 Å². The normalized spacial score (nSPS) is 10.3. The topological polar surface area (TPSA) is 60.7 Å². The predicted molar refractivity (Wildman–Crippen MR) is 57.4 cm³/mol. The van der Waals surface area contributed by atoms with E-state index in [1.165, 1.54) is 10.5 Å². The zero-order valence-corrected chi connectivity index (χ0v) is 8.71. The number of pyridine rings is 1. The van der Waals surface area contributed by atoms with Crippen molar-refractivity contribution >= 4 is 11.6 Å². The van der Waals surface area contributed by atoms with Crippen molar-refractivity contribution in [2.45, 2.75) is 6.92 Å². The molecule has 0 aromatic carbocycles. The van der Waals surface area contributed by atoms with Crippen LogP contribution in [0.4, 0.5) is 0 Å². The Balaban J connectivity index is 2.58. The lowest BCUT2D eigenvalue weighted by Gasteiger charge is -2.02. The number of hydrogen-bond donors (Lipinski definition) is 0. The standard InChI is InChI=1S/C11H10N2O3/c1-2-16-11(15)8-7-10(14)13-6-4-3-5-9(13)12-8/h3-7H,2H2,1H3. The molecule has 2 rings (SSSR count). The van der Waals surface area contributed by atoms with Gasteiger partial charge >= 0.3 is 5.97 Å². The fourth-order valence-electron chi connectivity index (χ4n) is 1.36. The summed E-state index contributed by atoms with van der Waals surface area (Å²) in [6.07, 6.45) is 1.60. The Hall–Kier alpha value is -2.17. The van der Waals surface area contributed by atoms with Gasteiger partial charge in [0.2, 0.25) is 0 Å². The average Bonchev–Trinajstić information content (AvgIpc) is 2.29. The second kappa shape index (κ2) is 4.14. The van der Waals surface area contributed by atoms with Crippen LogP contribution < -0.4 is 5.56 Å². The van der Waals surface area contributed by atoms with Gasteiger partial charge < -0.3 is 4.74 Å². The molecule has 82 valence electrons. The lowest BCUT2D eigenvalue weighted by atomic mass is 10.4. The molecule has 0 fully saturated rings. The van der Waals surface area contributed by atoms with Crippen LogP contribution in [0.2, 0.25) is 0 Å². The number of fused-ring (bicyclic) bond motifs is 1. The quantitative estimate of drug-likeness (QED) is 0.702. The number of aromatic nitrogens is 2. The molecule has 0 N–H and O–H groups in total. The Bertz CT molecular complexity index is 589. The predicted octanol–water partition coefficient (Wildman–Crippen LogP) is 0.871. The number of carbonyl (C=O) groups is 1. The minimum Gasteiger partial charge on any atom is -0.461 e. The third-order valence-corrected chi connectivity index (χ3v) is 2.06. The minimum atomic E-state index is -0.578. The van der Waals surface area contributed by atoms with Gasteiger partial charge in [0.15, 0.2) is 5.69 Å². The smallest absolute Gasteiger partial charge is 0.357 e. The molecule has 0 radical (unpaired) electrons. The van der Waals surface area contributed by atoms with Crippen LogP contribution in [0, 0.1) is 0 Å². The number of nitrogens with zero attached hydrogens (tertiary/aromatic N) is 2. The Labute approximate surface area is 91.3 Å². The van der Waals surface area contributed by atoms with Gasteiger partial charge in [0.25, 0.3) is 5.56 Å². The van der Waals surface area contributed by atoms with E-state index in [0.717, 1.165) is 0 Å². The van der Waals surface area contributed by atoms with Crippen molar-refractivity contribution in [2.24, 2.45) is 0 Å². The summed E-state index contributed by atoms with van der Waals surface area (Å²) in [7, 11) is 0. The third kappa shape index (κ3) is 1.79. The van der Waals surface area contributed by atoms with Gasteiger partial charge in [0.1, 0.15) is 5.65 Å². The van der Waals surface area contributed by atoms with Gasteiger partial charge in [-0.05, 0) is 19.1 Å². The van der Waals surface area contributed by atoms with E-state index in [4.69, 9.17) is 4.74 Å². The zero-order chi connectivity index (χ0) is 11.5. The molecule has 0 saturated carbocycles. The van der Waals surface area contributed by atoms with E-state index in [2.05, 4.69) is 4.98 Å². The van der Waals surface area contributed by atoms with Crippen molar-refractivity contribution in [3.05, 3.63) is 46.5 Å². The molecule has 0 amide bonds. The highest BCUT2D eigenvalue weighted by Crippen LogP contribution is 2.00. The van der Waals surface area contributed by atoms with E-state index in [1.807, 2.05) is 0 Å². The van der Waals surface area contributed by atoms with Gasteiger partial charge in [0.05, 0.1) is 6.61 Å².